The van der Waals surface area contributed by atoms with E-state index in [0.29, 0.717) is 31.6 Å². The van der Waals surface area contributed by atoms with Crippen molar-refractivity contribution >= 4 is 69.3 Å². The van der Waals surface area contributed by atoms with Crippen molar-refractivity contribution in [1.82, 2.24) is 0 Å². The summed E-state index contributed by atoms with van der Waals surface area (Å²) in [6, 6.07) is 12.1. The van der Waals surface area contributed by atoms with E-state index >= 15 is 0 Å². The maximum absolute atomic E-state index is 12.4. The first-order valence-corrected chi connectivity index (χ1v) is 8.11. The average molecular weight is 375 g/mol. The molecule has 0 saturated heterocycles. The maximum Gasteiger partial charge on any atom is 0.201 e. The highest BCUT2D eigenvalue weighted by Gasteiger charge is 2.06. The molecule has 4 nitrogen and oxygen atoms in total. The molecule has 3 aromatic rings. The van der Waals surface area contributed by atoms with Crippen LogP contribution in [-0.2, 0) is 0 Å². The molecule has 2 aromatic carbocycles. The van der Waals surface area contributed by atoms with Crippen LogP contribution in [0.4, 0.5) is 11.4 Å². The van der Waals surface area contributed by atoms with Crippen LogP contribution in [0.1, 0.15) is 5.56 Å². The van der Waals surface area contributed by atoms with Gasteiger partial charge in [-0.15, -0.1) is 12.6 Å². The average Bonchev–Trinajstić information content (AvgIpc) is 2.56. The second kappa shape index (κ2) is 7.17. The number of rotatable bonds is 3. The molecule has 0 unspecified atom stereocenters. The summed E-state index contributed by atoms with van der Waals surface area (Å²) in [5, 5.41) is 3.81. The van der Waals surface area contributed by atoms with Crippen LogP contribution in [0, 0.1) is 0 Å². The lowest BCUT2D eigenvalue weighted by Gasteiger charge is -2.02. The number of thiol groups is 1. The standard InChI is InChI=1S/C17H11ClN2O2S2/c18-11-1-6-15-14(7-11)16(21)10(9-22-15)8-19-12-2-4-13(5-3-12)20-17(23)24/h1-9H,(H2,20,23,24). The summed E-state index contributed by atoms with van der Waals surface area (Å²) in [7, 11) is 0. The second-order valence-corrected chi connectivity index (χ2v) is 6.49. The van der Waals surface area contributed by atoms with Gasteiger partial charge in [0.2, 0.25) is 5.43 Å². The number of halogens is 1. The van der Waals surface area contributed by atoms with Crippen molar-refractivity contribution in [3.05, 3.63) is 69.5 Å². The Morgan fingerprint density at radius 1 is 1.25 bits per heavy atom. The number of hydrogen-bond acceptors (Lipinski definition) is 4. The normalized spacial score (nSPS) is 11.1. The topological polar surface area (TPSA) is 54.6 Å². The van der Waals surface area contributed by atoms with Gasteiger partial charge >= 0.3 is 0 Å². The third-order valence-electron chi connectivity index (χ3n) is 3.23. The molecule has 1 heterocycles. The minimum atomic E-state index is -0.179. The molecule has 0 atom stereocenters. The summed E-state index contributed by atoms with van der Waals surface area (Å²) < 4.78 is 5.83. The Morgan fingerprint density at radius 2 is 2.00 bits per heavy atom. The van der Waals surface area contributed by atoms with E-state index in [9.17, 15) is 4.79 Å². The number of benzene rings is 2. The van der Waals surface area contributed by atoms with Crippen LogP contribution in [0.5, 0.6) is 0 Å². The molecule has 1 N–H and O–H groups in total. The van der Waals surface area contributed by atoms with Crippen molar-refractivity contribution in [2.24, 2.45) is 4.99 Å². The first kappa shape index (κ1) is 16.7. The van der Waals surface area contributed by atoms with E-state index in [1.807, 2.05) is 12.1 Å². The molecular weight excluding hydrogens is 364 g/mol. The molecule has 0 amide bonds. The quantitative estimate of drug-likeness (QED) is 0.392. The molecule has 0 saturated carbocycles. The molecule has 0 radical (unpaired) electrons. The molecule has 0 aliphatic rings. The number of nitrogens with one attached hydrogen (secondary N) is 1. The van der Waals surface area contributed by atoms with Gasteiger partial charge in [-0.25, -0.2) is 0 Å². The molecule has 120 valence electrons. The van der Waals surface area contributed by atoms with E-state index in [0.717, 1.165) is 5.69 Å². The first-order chi connectivity index (χ1) is 11.5. The summed E-state index contributed by atoms with van der Waals surface area (Å²) >= 11 is 14.8. The zero-order valence-electron chi connectivity index (χ0n) is 12.2. The monoisotopic (exact) mass is 374 g/mol. The Bertz CT molecular complexity index is 998. The van der Waals surface area contributed by atoms with Gasteiger partial charge in [-0.1, -0.05) is 23.8 Å². The van der Waals surface area contributed by atoms with Crippen LogP contribution in [0.25, 0.3) is 11.0 Å². The molecule has 0 spiro atoms. The Labute approximate surface area is 153 Å². The second-order valence-electron chi connectivity index (χ2n) is 4.90. The van der Waals surface area contributed by atoms with Crippen molar-refractivity contribution in [2.45, 2.75) is 0 Å². The van der Waals surface area contributed by atoms with Crippen LogP contribution in [-0.4, -0.2) is 10.5 Å². The first-order valence-electron chi connectivity index (χ1n) is 6.88. The Morgan fingerprint density at radius 3 is 2.71 bits per heavy atom. The number of nitrogens with zero attached hydrogens (tertiary/aromatic N) is 1. The van der Waals surface area contributed by atoms with Gasteiger partial charge in [0.25, 0.3) is 0 Å². The fourth-order valence-electron chi connectivity index (χ4n) is 2.11. The highest BCUT2D eigenvalue weighted by molar-refractivity contribution is 8.11. The lowest BCUT2D eigenvalue weighted by molar-refractivity contribution is 0.601. The van der Waals surface area contributed by atoms with Crippen LogP contribution in [0.15, 0.2) is 62.9 Å². The van der Waals surface area contributed by atoms with E-state index in [-0.39, 0.29) is 5.43 Å². The van der Waals surface area contributed by atoms with Gasteiger partial charge in [-0.05, 0) is 42.5 Å². The van der Waals surface area contributed by atoms with E-state index in [4.69, 9.17) is 28.2 Å². The molecule has 24 heavy (non-hydrogen) atoms. The Hall–Kier alpha value is -2.15. The van der Waals surface area contributed by atoms with Gasteiger partial charge in [0.1, 0.15) is 16.2 Å². The highest BCUT2D eigenvalue weighted by atomic mass is 35.5. The van der Waals surface area contributed by atoms with Gasteiger partial charge < -0.3 is 9.73 Å². The van der Waals surface area contributed by atoms with E-state index in [1.165, 1.54) is 12.5 Å². The van der Waals surface area contributed by atoms with E-state index in [1.54, 1.807) is 30.3 Å². The number of aliphatic imine (C=N–C) groups is 1. The largest absolute Gasteiger partial charge is 0.463 e. The molecular formula is C17H11ClN2O2S2. The van der Waals surface area contributed by atoms with Crippen molar-refractivity contribution in [1.29, 1.82) is 0 Å². The van der Waals surface area contributed by atoms with Crippen LogP contribution < -0.4 is 10.7 Å². The Balaban J connectivity index is 1.89. The molecule has 0 fully saturated rings. The van der Waals surface area contributed by atoms with Crippen molar-refractivity contribution in [3.63, 3.8) is 0 Å². The minimum absolute atomic E-state index is 0.179. The molecule has 3 rings (SSSR count). The molecule has 0 aliphatic heterocycles. The van der Waals surface area contributed by atoms with Gasteiger partial charge in [0.15, 0.2) is 0 Å². The number of hydrogen-bond donors (Lipinski definition) is 2. The predicted molar refractivity (Wildman–Crippen MR) is 106 cm³/mol. The zero-order chi connectivity index (χ0) is 17.1. The molecule has 7 heteroatoms. The maximum atomic E-state index is 12.4. The lowest BCUT2D eigenvalue weighted by atomic mass is 10.2. The molecule has 0 aliphatic carbocycles. The van der Waals surface area contributed by atoms with Crippen LogP contribution >= 0.6 is 36.4 Å². The third kappa shape index (κ3) is 3.84. The van der Waals surface area contributed by atoms with Crippen molar-refractivity contribution in [3.8, 4) is 0 Å². The van der Waals surface area contributed by atoms with Gasteiger partial charge in [0.05, 0.1) is 16.6 Å². The van der Waals surface area contributed by atoms with Crippen LogP contribution in [0.3, 0.4) is 0 Å². The highest BCUT2D eigenvalue weighted by Crippen LogP contribution is 2.18. The summed E-state index contributed by atoms with van der Waals surface area (Å²) in [6.45, 7) is 0. The number of thiocarbonyl (C=S) groups is 1. The lowest BCUT2D eigenvalue weighted by Crippen LogP contribution is -2.07. The predicted octanol–water partition coefficient (Wildman–Crippen LogP) is 4.82. The fourth-order valence-corrected chi connectivity index (χ4v) is 2.52. The number of fused-ring (bicyclic) bond motifs is 1. The summed E-state index contributed by atoms with van der Waals surface area (Å²) in [4.78, 5) is 16.7. The zero-order valence-corrected chi connectivity index (χ0v) is 14.7. The smallest absolute Gasteiger partial charge is 0.201 e. The van der Waals surface area contributed by atoms with Crippen molar-refractivity contribution in [2.75, 3.05) is 5.32 Å². The van der Waals surface area contributed by atoms with Crippen molar-refractivity contribution < 1.29 is 4.42 Å². The summed E-state index contributed by atoms with van der Waals surface area (Å²) in [5.41, 5.74) is 2.16. The molecule has 0 bridgehead atoms. The van der Waals surface area contributed by atoms with Gasteiger partial charge in [-0.3, -0.25) is 9.79 Å². The molecule has 1 aromatic heterocycles. The van der Waals surface area contributed by atoms with Gasteiger partial charge in [0, 0.05) is 16.9 Å². The SMILES string of the molecule is O=c1c(C=Nc2ccc(NC(=S)S)cc2)coc2ccc(Cl)cc12. The van der Waals surface area contributed by atoms with Gasteiger partial charge in [-0.2, -0.15) is 0 Å². The summed E-state index contributed by atoms with van der Waals surface area (Å²) in [6.07, 6.45) is 2.86. The fraction of sp³-hybridized carbons (Fsp3) is 0. The van der Waals surface area contributed by atoms with E-state index in [2.05, 4.69) is 22.9 Å². The summed E-state index contributed by atoms with van der Waals surface area (Å²) in [5.74, 6) is 0. The number of anilines is 1. The minimum Gasteiger partial charge on any atom is -0.463 e. The van der Waals surface area contributed by atoms with E-state index < -0.39 is 0 Å². The third-order valence-corrected chi connectivity index (χ3v) is 3.68. The van der Waals surface area contributed by atoms with Crippen LogP contribution in [0.2, 0.25) is 5.02 Å². The Kier molecular flexibility index (Phi) is 4.99.